The van der Waals surface area contributed by atoms with Crippen molar-refractivity contribution >= 4 is 29.1 Å². The van der Waals surface area contributed by atoms with Crippen molar-refractivity contribution in [1.82, 2.24) is 14.8 Å². The lowest BCUT2D eigenvalue weighted by molar-refractivity contribution is -0.384. The Hall–Kier alpha value is -1.81. The van der Waals surface area contributed by atoms with Gasteiger partial charge in [0.25, 0.3) is 5.69 Å². The number of nitro groups is 1. The molecular formula is C10H6ClF3N4O2S. The zero-order valence-corrected chi connectivity index (χ0v) is 11.8. The van der Waals surface area contributed by atoms with Gasteiger partial charge >= 0.3 is 6.18 Å². The predicted octanol–water partition coefficient (Wildman–Crippen LogP) is 3.55. The van der Waals surface area contributed by atoms with Gasteiger partial charge in [-0.05, 0) is 17.8 Å². The van der Waals surface area contributed by atoms with Crippen molar-refractivity contribution in [2.45, 2.75) is 16.2 Å². The van der Waals surface area contributed by atoms with Crippen LogP contribution in [0.2, 0.25) is 5.02 Å². The van der Waals surface area contributed by atoms with E-state index in [9.17, 15) is 23.3 Å². The predicted molar refractivity (Wildman–Crippen MR) is 68.2 cm³/mol. The van der Waals surface area contributed by atoms with E-state index >= 15 is 0 Å². The summed E-state index contributed by atoms with van der Waals surface area (Å²) in [6, 6.07) is 3.66. The highest BCUT2D eigenvalue weighted by molar-refractivity contribution is 7.99. The zero-order valence-electron chi connectivity index (χ0n) is 10.3. The average Bonchev–Trinajstić information content (AvgIpc) is 2.73. The molecule has 0 aliphatic rings. The molecule has 1 aromatic carbocycles. The van der Waals surface area contributed by atoms with Crippen LogP contribution in [0.4, 0.5) is 18.9 Å². The molecule has 6 nitrogen and oxygen atoms in total. The van der Waals surface area contributed by atoms with Crippen molar-refractivity contribution in [3.8, 4) is 0 Å². The lowest BCUT2D eigenvalue weighted by Crippen LogP contribution is -2.12. The van der Waals surface area contributed by atoms with Gasteiger partial charge in [0.05, 0.1) is 9.95 Å². The van der Waals surface area contributed by atoms with Gasteiger partial charge in [0.2, 0.25) is 5.82 Å². The highest BCUT2D eigenvalue weighted by Gasteiger charge is 2.37. The number of rotatable bonds is 3. The van der Waals surface area contributed by atoms with Crippen LogP contribution in [0.5, 0.6) is 0 Å². The number of aromatic nitrogens is 3. The Kier molecular flexibility index (Phi) is 4.10. The van der Waals surface area contributed by atoms with Gasteiger partial charge in [-0.15, -0.1) is 10.2 Å². The van der Waals surface area contributed by atoms with Crippen LogP contribution in [0, 0.1) is 10.1 Å². The highest BCUT2D eigenvalue weighted by atomic mass is 35.5. The molecule has 0 saturated carbocycles. The molecular weight excluding hydrogens is 333 g/mol. The van der Waals surface area contributed by atoms with Crippen LogP contribution in [-0.4, -0.2) is 19.7 Å². The lowest BCUT2D eigenvalue weighted by Gasteiger charge is -2.07. The summed E-state index contributed by atoms with van der Waals surface area (Å²) in [6.45, 7) is 0. The Labute approximate surface area is 125 Å². The summed E-state index contributed by atoms with van der Waals surface area (Å²) in [5, 5.41) is 17.1. The maximum Gasteiger partial charge on any atom is 0.451 e. The largest absolute Gasteiger partial charge is 0.451 e. The van der Waals surface area contributed by atoms with E-state index in [1.807, 2.05) is 0 Å². The van der Waals surface area contributed by atoms with E-state index in [0.29, 0.717) is 4.90 Å². The Bertz CT molecular complexity index is 704. The minimum absolute atomic E-state index is 0.0296. The first kappa shape index (κ1) is 15.6. The molecule has 1 heterocycles. The molecule has 0 amide bonds. The normalized spacial score (nSPS) is 11.7. The number of hydrogen-bond donors (Lipinski definition) is 0. The summed E-state index contributed by atoms with van der Waals surface area (Å²) in [7, 11) is 1.17. The second kappa shape index (κ2) is 5.53. The molecule has 0 spiro atoms. The molecule has 11 heteroatoms. The van der Waals surface area contributed by atoms with Crippen molar-refractivity contribution in [2.24, 2.45) is 7.05 Å². The fourth-order valence-corrected chi connectivity index (χ4v) is 2.52. The Morgan fingerprint density at radius 2 is 2.05 bits per heavy atom. The molecule has 1 aromatic heterocycles. The Balaban J connectivity index is 2.31. The van der Waals surface area contributed by atoms with Gasteiger partial charge in [0.15, 0.2) is 5.16 Å². The first-order valence-electron chi connectivity index (χ1n) is 5.28. The maximum absolute atomic E-state index is 12.6. The van der Waals surface area contributed by atoms with Crippen LogP contribution in [-0.2, 0) is 13.2 Å². The van der Waals surface area contributed by atoms with Crippen LogP contribution in [0.1, 0.15) is 5.82 Å². The fourth-order valence-electron chi connectivity index (χ4n) is 1.44. The molecule has 0 unspecified atom stereocenters. The molecule has 112 valence electrons. The van der Waals surface area contributed by atoms with Gasteiger partial charge in [0, 0.05) is 24.1 Å². The van der Waals surface area contributed by atoms with Crippen molar-refractivity contribution < 1.29 is 18.1 Å². The van der Waals surface area contributed by atoms with Gasteiger partial charge in [-0.3, -0.25) is 10.1 Å². The molecule has 0 bridgehead atoms. The van der Waals surface area contributed by atoms with Crippen LogP contribution < -0.4 is 0 Å². The van der Waals surface area contributed by atoms with E-state index in [1.165, 1.54) is 19.2 Å². The van der Waals surface area contributed by atoms with Crippen molar-refractivity contribution in [3.63, 3.8) is 0 Å². The first-order chi connectivity index (χ1) is 9.70. The average molecular weight is 339 g/mol. The van der Waals surface area contributed by atoms with Crippen LogP contribution >= 0.6 is 23.4 Å². The third kappa shape index (κ3) is 3.27. The molecule has 0 radical (unpaired) electrons. The number of alkyl halides is 3. The summed E-state index contributed by atoms with van der Waals surface area (Å²) in [4.78, 5) is 10.3. The molecule has 0 fully saturated rings. The minimum atomic E-state index is -4.61. The van der Waals surface area contributed by atoms with Gasteiger partial charge in [0.1, 0.15) is 0 Å². The summed E-state index contributed by atoms with van der Waals surface area (Å²) in [5.74, 6) is -1.14. The van der Waals surface area contributed by atoms with Crippen LogP contribution in [0.3, 0.4) is 0 Å². The van der Waals surface area contributed by atoms with Gasteiger partial charge < -0.3 is 4.57 Å². The molecule has 2 aromatic rings. The van der Waals surface area contributed by atoms with Crippen LogP contribution in [0.15, 0.2) is 28.3 Å². The number of benzene rings is 1. The lowest BCUT2D eigenvalue weighted by atomic mass is 10.3. The molecule has 21 heavy (non-hydrogen) atoms. The quantitative estimate of drug-likeness (QED) is 0.632. The van der Waals surface area contributed by atoms with Crippen molar-refractivity contribution in [1.29, 1.82) is 0 Å². The van der Waals surface area contributed by atoms with Gasteiger partial charge in [-0.25, -0.2) is 0 Å². The molecule has 0 saturated heterocycles. The second-order valence-electron chi connectivity index (χ2n) is 3.84. The number of nitro benzene ring substituents is 1. The fraction of sp³-hybridized carbons (Fsp3) is 0.200. The number of hydrogen-bond acceptors (Lipinski definition) is 5. The summed E-state index contributed by atoms with van der Waals surface area (Å²) >= 11 is 6.70. The molecule has 0 aliphatic heterocycles. The smallest absolute Gasteiger partial charge is 0.301 e. The van der Waals surface area contributed by atoms with Crippen molar-refractivity contribution in [2.75, 3.05) is 0 Å². The summed E-state index contributed by atoms with van der Waals surface area (Å²) < 4.78 is 38.5. The van der Waals surface area contributed by atoms with E-state index in [-0.39, 0.29) is 15.9 Å². The van der Waals surface area contributed by atoms with E-state index in [1.54, 1.807) is 0 Å². The third-order valence-corrected chi connectivity index (χ3v) is 3.95. The Morgan fingerprint density at radius 1 is 1.38 bits per heavy atom. The van der Waals surface area contributed by atoms with Crippen molar-refractivity contribution in [3.05, 3.63) is 39.2 Å². The number of non-ortho nitro benzene ring substituents is 1. The maximum atomic E-state index is 12.6. The van der Waals surface area contributed by atoms with Gasteiger partial charge in [-0.2, -0.15) is 13.2 Å². The Morgan fingerprint density at radius 3 is 2.52 bits per heavy atom. The molecule has 0 aliphatic carbocycles. The van der Waals surface area contributed by atoms with E-state index in [4.69, 9.17) is 11.6 Å². The molecule has 0 atom stereocenters. The minimum Gasteiger partial charge on any atom is -0.301 e. The molecule has 0 N–H and O–H groups in total. The highest BCUT2D eigenvalue weighted by Crippen LogP contribution is 2.36. The second-order valence-corrected chi connectivity index (χ2v) is 5.25. The summed E-state index contributed by atoms with van der Waals surface area (Å²) in [5.41, 5.74) is -0.210. The SMILES string of the molecule is Cn1c(Sc2ccc([N+](=O)[O-])cc2Cl)nnc1C(F)(F)F. The molecule has 2 rings (SSSR count). The standard InChI is InChI=1S/C10H6ClF3N4O2S/c1-17-8(10(12,13)14)15-16-9(17)21-7-3-2-5(18(19)20)4-6(7)11/h2-4H,1H3. The first-order valence-corrected chi connectivity index (χ1v) is 6.48. The zero-order chi connectivity index (χ0) is 15.8. The third-order valence-electron chi connectivity index (χ3n) is 2.42. The van der Waals surface area contributed by atoms with E-state index in [0.717, 1.165) is 22.4 Å². The van der Waals surface area contributed by atoms with Gasteiger partial charge in [-0.1, -0.05) is 11.6 Å². The van der Waals surface area contributed by atoms with E-state index < -0.39 is 16.9 Å². The summed E-state index contributed by atoms with van der Waals surface area (Å²) in [6.07, 6.45) is -4.61. The number of nitrogens with zero attached hydrogens (tertiary/aromatic N) is 4. The number of halogens is 4. The van der Waals surface area contributed by atoms with Crippen LogP contribution in [0.25, 0.3) is 0 Å². The van der Waals surface area contributed by atoms with E-state index in [2.05, 4.69) is 10.2 Å². The monoisotopic (exact) mass is 338 g/mol. The topological polar surface area (TPSA) is 73.8 Å².